The molecule has 0 aliphatic heterocycles. The topological polar surface area (TPSA) is 150 Å². The second kappa shape index (κ2) is 12.7. The Hall–Kier alpha value is 2.70. The summed E-state index contributed by atoms with van der Waals surface area (Å²) in [6.45, 7) is 0. The number of rotatable bonds is 5. The molecular formula is C5H8Na3O7P. The first-order valence-corrected chi connectivity index (χ1v) is 5.05. The van der Waals surface area contributed by atoms with E-state index in [2.05, 4.69) is 0 Å². The van der Waals surface area contributed by atoms with E-state index in [1.54, 1.807) is 0 Å². The van der Waals surface area contributed by atoms with Gasteiger partial charge in [-0.05, 0) is 0 Å². The van der Waals surface area contributed by atoms with Crippen LogP contribution < -0.4 is 108 Å². The third-order valence-corrected chi connectivity index (χ3v) is 2.11. The molecule has 0 amide bonds. The van der Waals surface area contributed by atoms with Gasteiger partial charge in [0, 0.05) is 12.6 Å². The Bertz CT molecular complexity index is 187. The summed E-state index contributed by atoms with van der Waals surface area (Å²) in [5.74, 6) is -1.92. The molecule has 2 N–H and O–H groups in total. The third-order valence-electron chi connectivity index (χ3n) is 1.30. The van der Waals surface area contributed by atoms with Gasteiger partial charge in [0.1, 0.15) is 6.10 Å². The number of carboxylic acids is 1. The third kappa shape index (κ3) is 14.8. The molecule has 0 rings (SSSR count). The van der Waals surface area contributed by atoms with Crippen molar-refractivity contribution in [1.82, 2.24) is 0 Å². The predicted octanol–water partition coefficient (Wildman–Crippen LogP) is -14.3. The molecule has 11 heteroatoms. The molecule has 2 atom stereocenters. The van der Waals surface area contributed by atoms with Crippen molar-refractivity contribution in [1.29, 1.82) is 0 Å². The zero-order valence-corrected chi connectivity index (χ0v) is 16.3. The first-order valence-electron chi connectivity index (χ1n) is 3.32. The Morgan fingerprint density at radius 1 is 1.12 bits per heavy atom. The van der Waals surface area contributed by atoms with Gasteiger partial charge in [0.05, 0.1) is 12.1 Å². The van der Waals surface area contributed by atoms with Crippen molar-refractivity contribution in [3.05, 3.63) is 0 Å². The van der Waals surface area contributed by atoms with E-state index in [4.69, 9.17) is 10.2 Å². The summed E-state index contributed by atoms with van der Waals surface area (Å²) >= 11 is 0. The molecule has 7 nitrogen and oxygen atoms in total. The molecule has 0 saturated heterocycles. The molecule has 16 heavy (non-hydrogen) atoms. The van der Waals surface area contributed by atoms with Crippen LogP contribution in [0.3, 0.4) is 0 Å². The van der Waals surface area contributed by atoms with Gasteiger partial charge < -0.3 is 34.8 Å². The first kappa shape index (κ1) is 27.1. The van der Waals surface area contributed by atoms with Crippen LogP contribution in [0.4, 0.5) is 0 Å². The van der Waals surface area contributed by atoms with E-state index in [0.717, 1.165) is 0 Å². The molecular weight excluding hydrogens is 272 g/mol. The summed E-state index contributed by atoms with van der Waals surface area (Å²) in [5.41, 5.74) is 0. The molecule has 0 aromatic rings. The largest absolute Gasteiger partial charge is 1.00 e. The van der Waals surface area contributed by atoms with Crippen molar-refractivity contribution in [3.8, 4) is 0 Å². The molecule has 78 valence electrons. The number of hydrogen-bond acceptors (Lipinski definition) is 7. The molecule has 0 aromatic carbocycles. The maximum absolute atomic E-state index is 10.0. The Morgan fingerprint density at radius 3 is 1.75 bits per heavy atom. The second-order valence-electron chi connectivity index (χ2n) is 2.45. The van der Waals surface area contributed by atoms with Crippen molar-refractivity contribution in [3.63, 3.8) is 0 Å². The molecule has 0 heterocycles. The van der Waals surface area contributed by atoms with Gasteiger partial charge in [0.2, 0.25) is 0 Å². The van der Waals surface area contributed by atoms with Gasteiger partial charge >= 0.3 is 88.7 Å². The van der Waals surface area contributed by atoms with E-state index in [-0.39, 0.29) is 88.7 Å². The number of carboxylic acid groups (broad SMARTS) is 1. The maximum atomic E-state index is 10.0. The van der Waals surface area contributed by atoms with E-state index in [9.17, 15) is 24.6 Å². The van der Waals surface area contributed by atoms with E-state index < -0.39 is 38.7 Å². The van der Waals surface area contributed by atoms with E-state index in [0.29, 0.717) is 0 Å². The fourth-order valence-corrected chi connectivity index (χ4v) is 1.19. The van der Waals surface area contributed by atoms with Crippen LogP contribution in [0.15, 0.2) is 0 Å². The van der Waals surface area contributed by atoms with Crippen molar-refractivity contribution in [2.45, 2.75) is 18.6 Å². The van der Waals surface area contributed by atoms with Crippen LogP contribution in [0.5, 0.6) is 0 Å². The van der Waals surface area contributed by atoms with Crippen molar-refractivity contribution in [2.75, 3.05) is 6.16 Å². The number of aliphatic hydroxyl groups excluding tert-OH is 2. The van der Waals surface area contributed by atoms with Crippen LogP contribution in [0.2, 0.25) is 0 Å². The van der Waals surface area contributed by atoms with Crippen molar-refractivity contribution in [2.24, 2.45) is 0 Å². The molecule has 0 spiro atoms. The van der Waals surface area contributed by atoms with Gasteiger partial charge in [0.25, 0.3) is 0 Å². The summed E-state index contributed by atoms with van der Waals surface area (Å²) in [7, 11) is -4.77. The minimum atomic E-state index is -4.77. The van der Waals surface area contributed by atoms with E-state index in [1.807, 2.05) is 0 Å². The molecule has 0 aliphatic rings. The van der Waals surface area contributed by atoms with Crippen LogP contribution in [-0.2, 0) is 4.79 Å². The minimum absolute atomic E-state index is 0. The number of hydrogen-bond donors (Lipinski definition) is 2. The van der Waals surface area contributed by atoms with Crippen LogP contribution in [0, 0.1) is 0 Å². The predicted molar refractivity (Wildman–Crippen MR) is 33.4 cm³/mol. The fraction of sp³-hybridized carbons (Fsp3) is 0.800. The summed E-state index contributed by atoms with van der Waals surface area (Å²) in [6, 6.07) is 0. The SMILES string of the molecule is O=C([O-])[C@H](O)[C@H](O)CC[P+]([O-])([O-])[O-].[Na+].[Na+].[Na+]. The van der Waals surface area contributed by atoms with Crippen LogP contribution >= 0.6 is 7.94 Å². The minimum Gasteiger partial charge on any atom is -0.688 e. The van der Waals surface area contributed by atoms with E-state index >= 15 is 0 Å². The summed E-state index contributed by atoms with van der Waals surface area (Å²) in [5, 5.41) is 27.3. The summed E-state index contributed by atoms with van der Waals surface area (Å²) < 4.78 is 0. The van der Waals surface area contributed by atoms with Crippen LogP contribution in [0.1, 0.15) is 6.42 Å². The average molecular weight is 280 g/mol. The van der Waals surface area contributed by atoms with Gasteiger partial charge in [-0.3, -0.25) is 0 Å². The van der Waals surface area contributed by atoms with Gasteiger partial charge in [-0.25, -0.2) is 0 Å². The summed E-state index contributed by atoms with van der Waals surface area (Å²) in [4.78, 5) is 40.1. The number of carbonyl (C=O) groups excluding carboxylic acids is 1. The zero-order valence-electron chi connectivity index (χ0n) is 9.45. The molecule has 0 radical (unpaired) electrons. The second-order valence-corrected chi connectivity index (χ2v) is 4.12. The van der Waals surface area contributed by atoms with Gasteiger partial charge in [0.15, 0.2) is 0 Å². The fourth-order valence-electron chi connectivity index (χ4n) is 0.605. The quantitative estimate of drug-likeness (QED) is 0.375. The molecule has 0 bridgehead atoms. The van der Waals surface area contributed by atoms with Gasteiger partial charge in [-0.1, -0.05) is 0 Å². The number of carbonyl (C=O) groups is 1. The normalized spacial score (nSPS) is 13.6. The van der Waals surface area contributed by atoms with E-state index in [1.165, 1.54) is 0 Å². The van der Waals surface area contributed by atoms with Gasteiger partial charge in [-0.2, -0.15) is 7.94 Å². The molecule has 0 aliphatic carbocycles. The molecule has 0 aromatic heterocycles. The Morgan fingerprint density at radius 2 is 1.50 bits per heavy atom. The first-order chi connectivity index (χ1) is 5.74. The maximum Gasteiger partial charge on any atom is 1.00 e. The van der Waals surface area contributed by atoms with Gasteiger partial charge in [-0.15, -0.1) is 0 Å². The van der Waals surface area contributed by atoms with Crippen molar-refractivity contribution < 1.29 is 123 Å². The number of aliphatic hydroxyl groups is 2. The Balaban J connectivity index is -0.000000240. The summed E-state index contributed by atoms with van der Waals surface area (Å²) in [6.07, 6.45) is -5.51. The van der Waals surface area contributed by atoms with Crippen LogP contribution in [-0.4, -0.2) is 34.6 Å². The van der Waals surface area contributed by atoms with Crippen LogP contribution in [0.25, 0.3) is 0 Å². The Kier molecular flexibility index (Phi) is 21.6. The standard InChI is InChI=1S/C5H11O7P.3Na/c6-3(4(7)5(8)9)1-2-13(10,11)12;;;/h3-4,6-7H,1-2H2,(H,8,9)(H2,10,11,12);;;/q;3*+1/p-3/t3-,4-;;;/m1.../s1. The smallest absolute Gasteiger partial charge is 0.688 e. The molecule has 0 fully saturated rings. The Labute approximate surface area is 160 Å². The monoisotopic (exact) mass is 280 g/mol. The zero-order chi connectivity index (χ0) is 10.6. The number of aliphatic carboxylic acids is 1. The molecule has 0 saturated carbocycles. The van der Waals surface area contributed by atoms with Crippen molar-refractivity contribution >= 4 is 13.9 Å². The molecule has 0 unspecified atom stereocenters. The average Bonchev–Trinajstić information content (AvgIpc) is 1.97.